The number of halogens is 1. The van der Waals surface area contributed by atoms with E-state index in [2.05, 4.69) is 4.98 Å². The zero-order valence-electron chi connectivity index (χ0n) is 10.5. The van der Waals surface area contributed by atoms with E-state index in [1.165, 1.54) is 0 Å². The smallest absolute Gasteiger partial charge is 0.147 e. The average molecular weight is 271 g/mol. The maximum absolute atomic E-state index is 10.0. The van der Waals surface area contributed by atoms with Crippen LogP contribution in [0.2, 0.25) is 5.02 Å². The van der Waals surface area contributed by atoms with Crippen molar-refractivity contribution in [2.45, 2.75) is 44.4 Å². The molecule has 1 aromatic heterocycles. The zero-order valence-corrected chi connectivity index (χ0v) is 11.3. The number of anilines is 1. The summed E-state index contributed by atoms with van der Waals surface area (Å²) in [4.78, 5) is 6.23. The summed E-state index contributed by atoms with van der Waals surface area (Å²) < 4.78 is 0. The number of hydrogen-bond acceptors (Lipinski definition) is 4. The van der Waals surface area contributed by atoms with Crippen molar-refractivity contribution in [2.24, 2.45) is 0 Å². The summed E-state index contributed by atoms with van der Waals surface area (Å²) >= 11 is 6.17. The SMILES string of the molecule is CN(c1ncc(CO)cc1Cl)C1CCCCC1O. The van der Waals surface area contributed by atoms with Gasteiger partial charge in [-0.2, -0.15) is 0 Å². The maximum atomic E-state index is 10.0. The second kappa shape index (κ2) is 5.87. The van der Waals surface area contributed by atoms with Gasteiger partial charge in [0.1, 0.15) is 5.82 Å². The van der Waals surface area contributed by atoms with Gasteiger partial charge in [0.2, 0.25) is 0 Å². The molecule has 2 N–H and O–H groups in total. The Morgan fingerprint density at radius 3 is 2.78 bits per heavy atom. The minimum Gasteiger partial charge on any atom is -0.392 e. The van der Waals surface area contributed by atoms with Crippen LogP contribution >= 0.6 is 11.6 Å². The van der Waals surface area contributed by atoms with Gasteiger partial charge in [0.05, 0.1) is 23.8 Å². The Kier molecular flexibility index (Phi) is 4.43. The quantitative estimate of drug-likeness (QED) is 0.882. The molecule has 1 saturated carbocycles. The average Bonchev–Trinajstić information content (AvgIpc) is 2.38. The molecule has 1 aromatic rings. The molecule has 18 heavy (non-hydrogen) atoms. The van der Waals surface area contributed by atoms with Gasteiger partial charge in [0.25, 0.3) is 0 Å². The first-order valence-corrected chi connectivity index (χ1v) is 6.67. The molecule has 1 heterocycles. The minimum absolute atomic E-state index is 0.0667. The highest BCUT2D eigenvalue weighted by Crippen LogP contribution is 2.30. The van der Waals surface area contributed by atoms with Crippen LogP contribution in [0.5, 0.6) is 0 Å². The summed E-state index contributed by atoms with van der Waals surface area (Å²) in [6.45, 7) is -0.0667. The number of rotatable bonds is 3. The predicted molar refractivity (Wildman–Crippen MR) is 71.8 cm³/mol. The van der Waals surface area contributed by atoms with Crippen LogP contribution in [0.4, 0.5) is 5.82 Å². The van der Waals surface area contributed by atoms with Crippen molar-refractivity contribution in [1.29, 1.82) is 0 Å². The van der Waals surface area contributed by atoms with Crippen molar-refractivity contribution < 1.29 is 10.2 Å². The molecule has 0 bridgehead atoms. The minimum atomic E-state index is -0.320. The van der Waals surface area contributed by atoms with Gasteiger partial charge in [-0.1, -0.05) is 24.4 Å². The Labute approximate surface area is 112 Å². The Balaban J connectivity index is 2.19. The number of aromatic nitrogens is 1. The van der Waals surface area contributed by atoms with E-state index in [1.54, 1.807) is 12.3 Å². The van der Waals surface area contributed by atoms with E-state index >= 15 is 0 Å². The Morgan fingerprint density at radius 1 is 1.44 bits per heavy atom. The van der Waals surface area contributed by atoms with Crippen molar-refractivity contribution in [3.05, 3.63) is 22.8 Å². The van der Waals surface area contributed by atoms with E-state index in [9.17, 15) is 5.11 Å². The van der Waals surface area contributed by atoms with Crippen molar-refractivity contribution in [3.63, 3.8) is 0 Å². The fourth-order valence-electron chi connectivity index (χ4n) is 2.52. The van der Waals surface area contributed by atoms with Crippen LogP contribution < -0.4 is 4.90 Å². The van der Waals surface area contributed by atoms with Crippen LogP contribution in [0, 0.1) is 0 Å². The first-order chi connectivity index (χ1) is 8.63. The summed E-state index contributed by atoms with van der Waals surface area (Å²) in [6.07, 6.45) is 5.29. The molecule has 0 radical (unpaired) electrons. The normalized spacial score (nSPS) is 24.0. The lowest BCUT2D eigenvalue weighted by atomic mass is 9.91. The predicted octanol–water partition coefficient (Wildman–Crippen LogP) is 1.97. The van der Waals surface area contributed by atoms with E-state index in [4.69, 9.17) is 16.7 Å². The van der Waals surface area contributed by atoms with Gasteiger partial charge in [-0.3, -0.25) is 0 Å². The van der Waals surface area contributed by atoms with Gasteiger partial charge in [-0.05, 0) is 24.5 Å². The lowest BCUT2D eigenvalue weighted by Gasteiger charge is -2.36. The number of nitrogens with zero attached hydrogens (tertiary/aromatic N) is 2. The molecule has 2 unspecified atom stereocenters. The van der Waals surface area contributed by atoms with E-state index in [0.717, 1.165) is 25.7 Å². The zero-order chi connectivity index (χ0) is 13.1. The largest absolute Gasteiger partial charge is 0.392 e. The Morgan fingerprint density at radius 2 is 2.17 bits per heavy atom. The van der Waals surface area contributed by atoms with E-state index in [-0.39, 0.29) is 18.8 Å². The van der Waals surface area contributed by atoms with Crippen LogP contribution in [0.3, 0.4) is 0 Å². The molecule has 5 heteroatoms. The highest BCUT2D eigenvalue weighted by molar-refractivity contribution is 6.33. The Hall–Kier alpha value is -0.840. The summed E-state index contributed by atoms with van der Waals surface area (Å²) in [5.41, 5.74) is 0.696. The van der Waals surface area contributed by atoms with Crippen LogP contribution in [-0.2, 0) is 6.61 Å². The van der Waals surface area contributed by atoms with E-state index in [1.807, 2.05) is 11.9 Å². The number of hydrogen-bond donors (Lipinski definition) is 2. The van der Waals surface area contributed by atoms with Crippen LogP contribution in [0.1, 0.15) is 31.2 Å². The van der Waals surface area contributed by atoms with Gasteiger partial charge in [0, 0.05) is 13.2 Å². The molecule has 2 rings (SSSR count). The summed E-state index contributed by atoms with van der Waals surface area (Å²) in [5, 5.41) is 19.6. The molecule has 100 valence electrons. The molecule has 0 aliphatic heterocycles. The second-order valence-corrected chi connectivity index (χ2v) is 5.24. The summed E-state index contributed by atoms with van der Waals surface area (Å²) in [5.74, 6) is 0.666. The van der Waals surface area contributed by atoms with Gasteiger partial charge < -0.3 is 15.1 Å². The molecule has 0 spiro atoms. The van der Waals surface area contributed by atoms with Crippen molar-refractivity contribution in [1.82, 2.24) is 4.98 Å². The number of pyridine rings is 1. The number of aliphatic hydroxyl groups excluding tert-OH is 2. The maximum Gasteiger partial charge on any atom is 0.147 e. The summed E-state index contributed by atoms with van der Waals surface area (Å²) in [7, 11) is 1.91. The number of aliphatic hydroxyl groups is 2. The fourth-order valence-corrected chi connectivity index (χ4v) is 2.84. The third kappa shape index (κ3) is 2.76. The Bertz CT molecular complexity index is 414. The molecule has 4 nitrogen and oxygen atoms in total. The fraction of sp³-hybridized carbons (Fsp3) is 0.615. The third-order valence-corrected chi connectivity index (χ3v) is 3.86. The highest BCUT2D eigenvalue weighted by atomic mass is 35.5. The standard InChI is InChI=1S/C13H19ClN2O2/c1-16(11-4-2-3-5-12(11)18)13-10(14)6-9(8-17)7-15-13/h6-7,11-12,17-18H,2-5,8H2,1H3. The van der Waals surface area contributed by atoms with Gasteiger partial charge in [-0.15, -0.1) is 0 Å². The molecule has 1 aliphatic rings. The molecule has 0 amide bonds. The van der Waals surface area contributed by atoms with E-state index in [0.29, 0.717) is 16.4 Å². The molecular weight excluding hydrogens is 252 g/mol. The van der Waals surface area contributed by atoms with Crippen molar-refractivity contribution in [3.8, 4) is 0 Å². The molecule has 1 aliphatic carbocycles. The molecule has 0 aromatic carbocycles. The van der Waals surface area contributed by atoms with Crippen LogP contribution in [-0.4, -0.2) is 34.4 Å². The molecule has 2 atom stereocenters. The molecule has 1 fully saturated rings. The van der Waals surface area contributed by atoms with Crippen LogP contribution in [0.25, 0.3) is 0 Å². The number of likely N-dealkylation sites (N-methyl/N-ethyl adjacent to an activating group) is 1. The third-order valence-electron chi connectivity index (χ3n) is 3.59. The topological polar surface area (TPSA) is 56.6 Å². The second-order valence-electron chi connectivity index (χ2n) is 4.84. The monoisotopic (exact) mass is 270 g/mol. The van der Waals surface area contributed by atoms with Gasteiger partial charge in [-0.25, -0.2) is 4.98 Å². The lowest BCUT2D eigenvalue weighted by Crippen LogP contribution is -2.43. The van der Waals surface area contributed by atoms with Gasteiger partial charge in [0.15, 0.2) is 0 Å². The van der Waals surface area contributed by atoms with Crippen molar-refractivity contribution >= 4 is 17.4 Å². The molecule has 0 saturated heterocycles. The lowest BCUT2D eigenvalue weighted by molar-refractivity contribution is 0.106. The van der Waals surface area contributed by atoms with E-state index < -0.39 is 0 Å². The highest BCUT2D eigenvalue weighted by Gasteiger charge is 2.28. The van der Waals surface area contributed by atoms with Gasteiger partial charge >= 0.3 is 0 Å². The van der Waals surface area contributed by atoms with Crippen LogP contribution in [0.15, 0.2) is 12.3 Å². The molecular formula is C13H19ClN2O2. The first kappa shape index (κ1) is 13.6. The van der Waals surface area contributed by atoms with Crippen molar-refractivity contribution in [2.75, 3.05) is 11.9 Å². The first-order valence-electron chi connectivity index (χ1n) is 6.29. The summed E-state index contributed by atoms with van der Waals surface area (Å²) in [6, 6.07) is 1.79.